The lowest BCUT2D eigenvalue weighted by Crippen LogP contribution is -2.00. The third kappa shape index (κ3) is 7.48. The number of benzene rings is 3. The van der Waals surface area contributed by atoms with Crippen LogP contribution < -0.4 is 10.6 Å². The Kier molecular flexibility index (Phi) is 9.50. The van der Waals surface area contributed by atoms with Crippen molar-refractivity contribution in [3.63, 3.8) is 0 Å². The predicted octanol–water partition coefficient (Wildman–Crippen LogP) is 9.39. The molecular weight excluding hydrogens is 424 g/mol. The van der Waals surface area contributed by atoms with Crippen molar-refractivity contribution >= 4 is 22.6 Å². The zero-order valence-corrected chi connectivity index (χ0v) is 21.3. The number of anilines is 3. The molecule has 0 unspecified atom stereocenters. The first-order valence-corrected chi connectivity index (χ1v) is 12.1. The molecule has 0 spiro atoms. The highest BCUT2D eigenvalue weighted by Crippen LogP contribution is 2.26. The van der Waals surface area contributed by atoms with Crippen molar-refractivity contribution in [2.75, 3.05) is 10.6 Å². The van der Waals surface area contributed by atoms with Crippen LogP contribution in [0, 0.1) is 6.92 Å². The number of aryl methyl sites for hydroxylation is 1. The summed E-state index contributed by atoms with van der Waals surface area (Å²) in [5.41, 5.74) is 10.4. The summed E-state index contributed by atoms with van der Waals surface area (Å²) >= 11 is 0. The third-order valence-corrected chi connectivity index (χ3v) is 5.80. The third-order valence-electron chi connectivity index (χ3n) is 5.80. The monoisotopic (exact) mass is 460 g/mol. The minimum absolute atomic E-state index is 0.895. The second kappa shape index (κ2) is 13.0. The Morgan fingerprint density at radius 1 is 0.857 bits per heavy atom. The Morgan fingerprint density at radius 2 is 1.54 bits per heavy atom. The molecule has 3 rings (SSSR count). The maximum absolute atomic E-state index is 4.00. The summed E-state index contributed by atoms with van der Waals surface area (Å²) in [4.78, 5) is 0. The number of para-hydroxylation sites is 2. The fraction of sp³-hybridized carbons (Fsp3) is 0.152. The van der Waals surface area contributed by atoms with Crippen molar-refractivity contribution in [1.82, 2.24) is 0 Å². The standard InChI is InChI=1S/C33H36N2/c1-6-13-28(7-2)31-15-10-12-17-33(31)34-29(8-3)21-18-25(4)24-27-19-22-30(23-20-27)35-32-16-11-9-14-26(32)5/h6-23,34-35H,3,24H2,1-2,4-5H3/b13-6-,25-18+,28-7+,29-21+. The lowest BCUT2D eigenvalue weighted by atomic mass is 10.0. The highest BCUT2D eigenvalue weighted by Gasteiger charge is 2.05. The van der Waals surface area contributed by atoms with E-state index in [1.54, 1.807) is 0 Å². The van der Waals surface area contributed by atoms with Crippen LogP contribution in [0.3, 0.4) is 0 Å². The smallest absolute Gasteiger partial charge is 0.0463 e. The summed E-state index contributed by atoms with van der Waals surface area (Å²) in [6.45, 7) is 12.4. The fourth-order valence-electron chi connectivity index (χ4n) is 3.87. The first kappa shape index (κ1) is 25.6. The fourth-order valence-corrected chi connectivity index (χ4v) is 3.87. The summed E-state index contributed by atoms with van der Waals surface area (Å²) in [7, 11) is 0. The molecule has 0 aliphatic heterocycles. The molecule has 0 amide bonds. The minimum Gasteiger partial charge on any atom is -0.355 e. The van der Waals surface area contributed by atoms with Crippen LogP contribution in [0.1, 0.15) is 37.5 Å². The van der Waals surface area contributed by atoms with Crippen LogP contribution in [0.5, 0.6) is 0 Å². The number of nitrogens with one attached hydrogen (secondary N) is 2. The van der Waals surface area contributed by atoms with Gasteiger partial charge in [0, 0.05) is 28.3 Å². The molecule has 178 valence electrons. The summed E-state index contributed by atoms with van der Waals surface area (Å²) in [5.74, 6) is 0. The van der Waals surface area contributed by atoms with E-state index in [1.807, 2.05) is 19.1 Å². The topological polar surface area (TPSA) is 24.1 Å². The van der Waals surface area contributed by atoms with Crippen molar-refractivity contribution in [3.05, 3.63) is 144 Å². The minimum atomic E-state index is 0.895. The van der Waals surface area contributed by atoms with E-state index in [9.17, 15) is 0 Å². The molecule has 3 aromatic carbocycles. The van der Waals surface area contributed by atoms with E-state index in [-0.39, 0.29) is 0 Å². The van der Waals surface area contributed by atoms with E-state index in [0.717, 1.165) is 29.2 Å². The van der Waals surface area contributed by atoms with Gasteiger partial charge in [0.15, 0.2) is 0 Å². The quantitative estimate of drug-likeness (QED) is 0.294. The molecule has 0 fully saturated rings. The zero-order valence-electron chi connectivity index (χ0n) is 21.3. The van der Waals surface area contributed by atoms with Gasteiger partial charge < -0.3 is 10.6 Å². The van der Waals surface area contributed by atoms with Gasteiger partial charge in [-0.3, -0.25) is 0 Å². The lowest BCUT2D eigenvalue weighted by molar-refractivity contribution is 1.14. The molecule has 0 saturated carbocycles. The van der Waals surface area contributed by atoms with Crippen LogP contribution in [0.4, 0.5) is 17.1 Å². The van der Waals surface area contributed by atoms with Gasteiger partial charge in [-0.15, -0.1) is 0 Å². The summed E-state index contributed by atoms with van der Waals surface area (Å²) in [6.07, 6.45) is 13.3. The normalized spacial score (nSPS) is 12.6. The van der Waals surface area contributed by atoms with Crippen molar-refractivity contribution in [2.24, 2.45) is 0 Å². The van der Waals surface area contributed by atoms with Crippen molar-refractivity contribution in [3.8, 4) is 0 Å². The van der Waals surface area contributed by atoms with Crippen LogP contribution in [-0.2, 0) is 6.42 Å². The maximum atomic E-state index is 4.00. The average Bonchev–Trinajstić information content (AvgIpc) is 2.88. The van der Waals surface area contributed by atoms with Crippen LogP contribution in [0.15, 0.2) is 127 Å². The Morgan fingerprint density at radius 3 is 2.20 bits per heavy atom. The molecule has 0 saturated heterocycles. The number of hydrogen-bond acceptors (Lipinski definition) is 2. The molecule has 0 aromatic heterocycles. The number of hydrogen-bond donors (Lipinski definition) is 2. The predicted molar refractivity (Wildman–Crippen MR) is 155 cm³/mol. The molecule has 0 radical (unpaired) electrons. The van der Waals surface area contributed by atoms with E-state index in [1.165, 1.54) is 27.8 Å². The van der Waals surface area contributed by atoms with Gasteiger partial charge in [0.25, 0.3) is 0 Å². The molecule has 0 heterocycles. The second-order valence-corrected chi connectivity index (χ2v) is 8.57. The van der Waals surface area contributed by atoms with Crippen molar-refractivity contribution in [1.29, 1.82) is 0 Å². The molecule has 3 aromatic rings. The van der Waals surface area contributed by atoms with Crippen molar-refractivity contribution in [2.45, 2.75) is 34.1 Å². The highest BCUT2D eigenvalue weighted by molar-refractivity contribution is 5.82. The van der Waals surface area contributed by atoms with E-state index in [0.29, 0.717) is 0 Å². The first-order chi connectivity index (χ1) is 17.0. The molecular formula is C33H36N2. The molecule has 0 atom stereocenters. The van der Waals surface area contributed by atoms with E-state index in [4.69, 9.17) is 0 Å². The Bertz CT molecular complexity index is 1250. The van der Waals surface area contributed by atoms with Gasteiger partial charge in [-0.1, -0.05) is 85.0 Å². The summed E-state index contributed by atoms with van der Waals surface area (Å²) in [6, 6.07) is 25.3. The number of allylic oxidation sites excluding steroid dienone is 8. The van der Waals surface area contributed by atoms with Gasteiger partial charge in [-0.05, 0) is 87.2 Å². The van der Waals surface area contributed by atoms with E-state index >= 15 is 0 Å². The first-order valence-electron chi connectivity index (χ1n) is 12.1. The average molecular weight is 461 g/mol. The summed E-state index contributed by atoms with van der Waals surface area (Å²) < 4.78 is 0. The van der Waals surface area contributed by atoms with Crippen LogP contribution in [-0.4, -0.2) is 0 Å². The molecule has 2 nitrogen and oxygen atoms in total. The van der Waals surface area contributed by atoms with Gasteiger partial charge in [0.2, 0.25) is 0 Å². The SMILES string of the molecule is C=C/C(=C\C=C(/C)Cc1ccc(Nc2ccccc2C)cc1)Nc1ccccc1C(/C=C\C)=C/C. The van der Waals surface area contributed by atoms with E-state index in [2.05, 4.69) is 135 Å². The van der Waals surface area contributed by atoms with Gasteiger partial charge in [0.1, 0.15) is 0 Å². The Labute approximate surface area is 211 Å². The molecule has 35 heavy (non-hydrogen) atoms. The Hall–Kier alpha value is -4.04. The van der Waals surface area contributed by atoms with Crippen molar-refractivity contribution < 1.29 is 0 Å². The Balaban J connectivity index is 1.68. The molecule has 0 aliphatic rings. The summed E-state index contributed by atoms with van der Waals surface area (Å²) in [5, 5.41) is 7.04. The molecule has 2 heteroatoms. The molecule has 2 N–H and O–H groups in total. The van der Waals surface area contributed by atoms with E-state index < -0.39 is 0 Å². The van der Waals surface area contributed by atoms with Gasteiger partial charge in [-0.25, -0.2) is 0 Å². The van der Waals surface area contributed by atoms with Crippen LogP contribution >= 0.6 is 0 Å². The van der Waals surface area contributed by atoms with Crippen LogP contribution in [0.2, 0.25) is 0 Å². The van der Waals surface area contributed by atoms with Gasteiger partial charge >= 0.3 is 0 Å². The van der Waals surface area contributed by atoms with Gasteiger partial charge in [0.05, 0.1) is 0 Å². The molecule has 0 bridgehead atoms. The largest absolute Gasteiger partial charge is 0.355 e. The van der Waals surface area contributed by atoms with Crippen LogP contribution in [0.25, 0.3) is 5.57 Å². The zero-order chi connectivity index (χ0) is 25.0. The highest BCUT2D eigenvalue weighted by atomic mass is 14.9. The van der Waals surface area contributed by atoms with Gasteiger partial charge in [-0.2, -0.15) is 0 Å². The maximum Gasteiger partial charge on any atom is 0.0463 e. The number of rotatable bonds is 10. The second-order valence-electron chi connectivity index (χ2n) is 8.57. The lowest BCUT2D eigenvalue weighted by Gasteiger charge is -2.13. The molecule has 0 aliphatic carbocycles.